The van der Waals surface area contributed by atoms with Crippen LogP contribution in [0.2, 0.25) is 0 Å². The van der Waals surface area contributed by atoms with Gasteiger partial charge in [-0.15, -0.1) is 0 Å². The highest BCUT2D eigenvalue weighted by Gasteiger charge is 2.33. The maximum atomic E-state index is 14.3. The highest BCUT2D eigenvalue weighted by Crippen LogP contribution is 2.32. The molecule has 0 saturated heterocycles. The summed E-state index contributed by atoms with van der Waals surface area (Å²) in [6, 6.07) is 23.3. The Bertz CT molecular complexity index is 2160. The van der Waals surface area contributed by atoms with Crippen LogP contribution in [-0.2, 0) is 14.3 Å². The lowest BCUT2D eigenvalue weighted by Gasteiger charge is -2.24. The fourth-order valence-electron chi connectivity index (χ4n) is 5.44. The van der Waals surface area contributed by atoms with E-state index in [1.807, 2.05) is 73.8 Å². The number of hydrogen-bond donors (Lipinski definition) is 0. The van der Waals surface area contributed by atoms with E-state index in [4.69, 9.17) is 19.3 Å². The normalized spacial score (nSPS) is 14.4. The van der Waals surface area contributed by atoms with Gasteiger partial charge in [0.1, 0.15) is 17.2 Å². The van der Waals surface area contributed by atoms with Crippen molar-refractivity contribution < 1.29 is 23.8 Å². The van der Waals surface area contributed by atoms with Crippen molar-refractivity contribution in [2.75, 3.05) is 13.2 Å². The van der Waals surface area contributed by atoms with E-state index in [9.17, 15) is 14.4 Å². The molecule has 5 aromatic rings. The van der Waals surface area contributed by atoms with Crippen LogP contribution >= 0.6 is 11.3 Å². The number of esters is 2. The highest BCUT2D eigenvalue weighted by molar-refractivity contribution is 7.07. The predicted octanol–water partition coefficient (Wildman–Crippen LogP) is 4.98. The molecule has 0 fully saturated rings. The Morgan fingerprint density at radius 3 is 2.30 bits per heavy atom. The lowest BCUT2D eigenvalue weighted by molar-refractivity contribution is -0.139. The molecule has 0 spiro atoms. The smallest absolute Gasteiger partial charge is 0.338 e. The second-order valence-electron chi connectivity index (χ2n) is 10.6. The number of ether oxygens (including phenoxy) is 3. The first-order chi connectivity index (χ1) is 22.8. The molecule has 2 aromatic heterocycles. The van der Waals surface area contributed by atoms with E-state index in [-0.39, 0.29) is 17.7 Å². The number of hydrogen-bond acceptors (Lipinski definition) is 9. The minimum atomic E-state index is -0.809. The summed E-state index contributed by atoms with van der Waals surface area (Å²) < 4.78 is 20.0. The van der Waals surface area contributed by atoms with Gasteiger partial charge in [0.15, 0.2) is 4.80 Å². The van der Waals surface area contributed by atoms with Gasteiger partial charge in [-0.05, 0) is 80.9 Å². The number of aromatic nitrogens is 3. The van der Waals surface area contributed by atoms with Gasteiger partial charge in [-0.2, -0.15) is 5.10 Å². The number of allylic oxidation sites excluding steroid dienone is 1. The molecule has 3 aromatic carbocycles. The van der Waals surface area contributed by atoms with Crippen LogP contribution in [-0.4, -0.2) is 39.5 Å². The molecule has 0 amide bonds. The van der Waals surface area contributed by atoms with E-state index in [0.717, 1.165) is 22.6 Å². The standard InChI is InChI=1S/C36H32N4O6S/c1-5-44-28-16-12-24(13-17-28)32-26(21-39(38-32)27-10-8-7-9-11-27)20-30-34(42)40-33(25-14-18-29(19-15-25)46-23(4)41)31(35(43)45-6-2)22(3)37-36(40)47-30/h7-21,33H,5-6H2,1-4H3. The quantitative estimate of drug-likeness (QED) is 0.164. The first kappa shape index (κ1) is 31.4. The summed E-state index contributed by atoms with van der Waals surface area (Å²) in [6.45, 7) is 7.44. The molecule has 11 heteroatoms. The zero-order valence-electron chi connectivity index (χ0n) is 26.3. The molecule has 1 aliphatic heterocycles. The minimum Gasteiger partial charge on any atom is -0.494 e. The predicted molar refractivity (Wildman–Crippen MR) is 178 cm³/mol. The lowest BCUT2D eigenvalue weighted by Crippen LogP contribution is -2.39. The third-order valence-electron chi connectivity index (χ3n) is 7.46. The average molecular weight is 649 g/mol. The van der Waals surface area contributed by atoms with Gasteiger partial charge in [0, 0.05) is 24.2 Å². The molecule has 47 heavy (non-hydrogen) atoms. The van der Waals surface area contributed by atoms with Crippen molar-refractivity contribution in [2.45, 2.75) is 33.7 Å². The number of fused-ring (bicyclic) bond motifs is 1. The summed E-state index contributed by atoms with van der Waals surface area (Å²) in [6.07, 6.45) is 3.70. The van der Waals surface area contributed by atoms with Crippen molar-refractivity contribution in [3.05, 3.63) is 127 Å². The van der Waals surface area contributed by atoms with Gasteiger partial charge in [0.25, 0.3) is 5.56 Å². The van der Waals surface area contributed by atoms with Crippen molar-refractivity contribution in [2.24, 2.45) is 4.99 Å². The van der Waals surface area contributed by atoms with E-state index < -0.39 is 18.0 Å². The van der Waals surface area contributed by atoms with Gasteiger partial charge in [-0.25, -0.2) is 14.5 Å². The van der Waals surface area contributed by atoms with Crippen molar-refractivity contribution in [1.82, 2.24) is 14.3 Å². The van der Waals surface area contributed by atoms with Crippen LogP contribution in [0.1, 0.15) is 44.9 Å². The first-order valence-corrected chi connectivity index (χ1v) is 16.0. The van der Waals surface area contributed by atoms with Crippen molar-refractivity contribution in [3.63, 3.8) is 0 Å². The van der Waals surface area contributed by atoms with Gasteiger partial charge < -0.3 is 14.2 Å². The lowest BCUT2D eigenvalue weighted by atomic mass is 9.96. The van der Waals surface area contributed by atoms with Crippen LogP contribution in [0.3, 0.4) is 0 Å². The fourth-order valence-corrected chi connectivity index (χ4v) is 6.48. The highest BCUT2D eigenvalue weighted by atomic mass is 32.1. The third kappa shape index (κ3) is 6.43. The Balaban J connectivity index is 1.52. The van der Waals surface area contributed by atoms with Gasteiger partial charge >= 0.3 is 11.9 Å². The number of benzene rings is 3. The van der Waals surface area contributed by atoms with Gasteiger partial charge in [-0.1, -0.05) is 41.7 Å². The maximum Gasteiger partial charge on any atom is 0.338 e. The van der Waals surface area contributed by atoms with E-state index >= 15 is 0 Å². The molecule has 0 N–H and O–H groups in total. The largest absolute Gasteiger partial charge is 0.494 e. The summed E-state index contributed by atoms with van der Waals surface area (Å²) in [4.78, 5) is 44.2. The molecule has 1 unspecified atom stereocenters. The number of carbonyl (C=O) groups is 2. The zero-order chi connectivity index (χ0) is 33.1. The number of para-hydroxylation sites is 1. The molecule has 238 valence electrons. The summed E-state index contributed by atoms with van der Waals surface area (Å²) in [7, 11) is 0. The Morgan fingerprint density at radius 1 is 0.936 bits per heavy atom. The van der Waals surface area contributed by atoms with Crippen molar-refractivity contribution in [1.29, 1.82) is 0 Å². The second kappa shape index (κ2) is 13.4. The molecular formula is C36H32N4O6S. The van der Waals surface area contributed by atoms with Gasteiger partial charge in [-0.3, -0.25) is 14.2 Å². The molecule has 0 bridgehead atoms. The monoisotopic (exact) mass is 648 g/mol. The van der Waals surface area contributed by atoms with E-state index in [2.05, 4.69) is 4.99 Å². The first-order valence-electron chi connectivity index (χ1n) is 15.1. The molecule has 0 radical (unpaired) electrons. The maximum absolute atomic E-state index is 14.3. The number of carbonyl (C=O) groups excluding carboxylic acids is 2. The average Bonchev–Trinajstić information content (AvgIpc) is 3.62. The number of thiazole rings is 1. The molecule has 3 heterocycles. The molecule has 0 aliphatic carbocycles. The number of rotatable bonds is 9. The van der Waals surface area contributed by atoms with Gasteiger partial charge in [0.2, 0.25) is 0 Å². The van der Waals surface area contributed by atoms with Crippen LogP contribution in [0.15, 0.2) is 106 Å². The topological polar surface area (TPSA) is 114 Å². The van der Waals surface area contributed by atoms with Crippen LogP contribution in [0.5, 0.6) is 11.5 Å². The Labute approximate surface area is 274 Å². The Morgan fingerprint density at radius 2 is 1.64 bits per heavy atom. The molecule has 1 atom stereocenters. The molecule has 1 aliphatic rings. The molecular weight excluding hydrogens is 616 g/mol. The van der Waals surface area contributed by atoms with Crippen molar-refractivity contribution >= 4 is 29.4 Å². The van der Waals surface area contributed by atoms with Crippen LogP contribution < -0.4 is 24.4 Å². The van der Waals surface area contributed by atoms with Gasteiger partial charge in [0.05, 0.1) is 40.7 Å². The van der Waals surface area contributed by atoms with E-state index in [0.29, 0.717) is 38.6 Å². The van der Waals surface area contributed by atoms with Crippen molar-refractivity contribution in [3.8, 4) is 28.4 Å². The van der Waals surface area contributed by atoms with Crippen LogP contribution in [0.4, 0.5) is 0 Å². The Hall–Kier alpha value is -5.55. The summed E-state index contributed by atoms with van der Waals surface area (Å²) in [5.41, 5.74) is 4.17. The SMILES string of the molecule is CCOC(=O)C1=C(C)N=c2sc(=Cc3cn(-c4ccccc4)nc3-c3ccc(OCC)cc3)c(=O)n2C1c1ccc(OC(C)=O)cc1. The van der Waals surface area contributed by atoms with Crippen LogP contribution in [0.25, 0.3) is 23.0 Å². The molecule has 10 nitrogen and oxygen atoms in total. The second-order valence-corrected chi connectivity index (χ2v) is 11.6. The van der Waals surface area contributed by atoms with E-state index in [1.54, 1.807) is 42.8 Å². The molecule has 0 saturated carbocycles. The number of nitrogens with zero attached hydrogens (tertiary/aromatic N) is 4. The van der Waals surface area contributed by atoms with Crippen LogP contribution in [0, 0.1) is 0 Å². The minimum absolute atomic E-state index is 0.165. The Kier molecular flexibility index (Phi) is 8.99. The summed E-state index contributed by atoms with van der Waals surface area (Å²) >= 11 is 1.23. The zero-order valence-corrected chi connectivity index (χ0v) is 27.1. The molecule has 6 rings (SSSR count). The fraction of sp³-hybridized carbons (Fsp3) is 0.194. The third-order valence-corrected chi connectivity index (χ3v) is 8.45. The summed E-state index contributed by atoms with van der Waals surface area (Å²) in [5, 5.41) is 4.90. The summed E-state index contributed by atoms with van der Waals surface area (Å²) in [5.74, 6) is 0.0967. The van der Waals surface area contributed by atoms with E-state index in [1.165, 1.54) is 22.8 Å².